The predicted molar refractivity (Wildman–Crippen MR) is 187 cm³/mol. The molecule has 0 saturated carbocycles. The number of ether oxygens (including phenoxy) is 2. The number of hydrogen-bond acceptors (Lipinski definition) is 16. The van der Waals surface area contributed by atoms with E-state index in [0.717, 1.165) is 22.5 Å². The van der Waals surface area contributed by atoms with Crippen LogP contribution in [0.3, 0.4) is 0 Å². The molecule has 3 N–H and O–H groups in total. The van der Waals surface area contributed by atoms with Gasteiger partial charge in [0.25, 0.3) is 11.8 Å². The van der Waals surface area contributed by atoms with E-state index in [1.54, 1.807) is 6.26 Å². The lowest BCUT2D eigenvalue weighted by Gasteiger charge is -2.49. The molecule has 2 atom stereocenters. The zero-order chi connectivity index (χ0) is 36.1. The number of aromatic nitrogens is 1. The van der Waals surface area contributed by atoms with Gasteiger partial charge in [0.1, 0.15) is 22.8 Å². The van der Waals surface area contributed by atoms with Crippen molar-refractivity contribution < 1.29 is 42.3 Å². The molecule has 51 heavy (non-hydrogen) atoms. The number of thioether (sulfide) groups is 2. The molecule has 2 aliphatic rings. The Hall–Kier alpha value is -5.33. The second-order valence-electron chi connectivity index (χ2n) is 10.8. The molecule has 0 spiro atoms. The molecule has 2 aromatic heterocycles. The lowest BCUT2D eigenvalue weighted by molar-refractivity contribution is -0.153. The third kappa shape index (κ3) is 7.87. The van der Waals surface area contributed by atoms with Crippen LogP contribution in [0.5, 0.6) is 0 Å². The molecule has 15 nitrogen and oxygen atoms in total. The number of benzene rings is 2. The number of β-lactam (4-membered cyclic amide) rings is 1. The molecule has 0 radical (unpaired) electrons. The summed E-state index contributed by atoms with van der Waals surface area (Å²) in [5.74, 6) is -3.33. The number of nitrogens with one attached hydrogen (secondary N) is 1. The fourth-order valence-electron chi connectivity index (χ4n) is 5.15. The molecule has 264 valence electrons. The molecule has 4 heterocycles. The summed E-state index contributed by atoms with van der Waals surface area (Å²) >= 11 is 3.67. The zero-order valence-electron chi connectivity index (χ0n) is 26.9. The largest absolute Gasteiger partial charge is 0.519 e. The first kappa shape index (κ1) is 35.5. The number of fused-ring (bicyclic) bond motifs is 1. The molecular weight excluding hydrogens is 723 g/mol. The van der Waals surface area contributed by atoms with E-state index in [1.807, 2.05) is 60.7 Å². The molecule has 1 unspecified atom stereocenters. The number of nitrogens with zero attached hydrogens (tertiary/aromatic N) is 3. The van der Waals surface area contributed by atoms with E-state index < -0.39 is 53.7 Å². The van der Waals surface area contributed by atoms with Gasteiger partial charge >= 0.3 is 17.8 Å². The Morgan fingerprint density at radius 2 is 1.78 bits per heavy atom. The van der Waals surface area contributed by atoms with Crippen molar-refractivity contribution in [2.75, 3.05) is 24.3 Å². The molecule has 2 aromatic carbocycles. The van der Waals surface area contributed by atoms with Gasteiger partial charge in [0.05, 0.1) is 0 Å². The van der Waals surface area contributed by atoms with Crippen LogP contribution in [0, 0.1) is 6.92 Å². The minimum Gasteiger partial charge on any atom is -0.453 e. The van der Waals surface area contributed by atoms with Crippen molar-refractivity contribution in [2.24, 2.45) is 5.16 Å². The molecule has 0 aliphatic carbocycles. The maximum atomic E-state index is 13.6. The number of hydrogen-bond donors (Lipinski definition) is 2. The summed E-state index contributed by atoms with van der Waals surface area (Å²) in [5, 5.41) is 7.53. The van der Waals surface area contributed by atoms with Gasteiger partial charge in [-0.3, -0.25) is 14.5 Å². The molecule has 4 aromatic rings. The van der Waals surface area contributed by atoms with Crippen LogP contribution in [0.2, 0.25) is 0 Å². The van der Waals surface area contributed by atoms with Crippen molar-refractivity contribution in [1.82, 2.24) is 15.2 Å². The summed E-state index contributed by atoms with van der Waals surface area (Å²) in [6, 6.07) is 17.3. The minimum absolute atomic E-state index is 0.0255. The summed E-state index contributed by atoms with van der Waals surface area (Å²) in [6.45, 7) is 0.462. The molecule has 2 aliphatic heterocycles. The van der Waals surface area contributed by atoms with Crippen LogP contribution in [0.15, 0.2) is 95.4 Å². The minimum atomic E-state index is -1.05. The second-order valence-corrected chi connectivity index (χ2v) is 13.7. The first-order valence-corrected chi connectivity index (χ1v) is 18.3. The van der Waals surface area contributed by atoms with Gasteiger partial charge in [0.2, 0.25) is 6.61 Å². The number of oxime groups is 1. The van der Waals surface area contributed by atoms with E-state index in [9.17, 15) is 24.0 Å². The summed E-state index contributed by atoms with van der Waals surface area (Å²) in [7, 11) is 0. The Bertz CT molecular complexity index is 2020. The van der Waals surface area contributed by atoms with Gasteiger partial charge < -0.3 is 34.2 Å². The summed E-state index contributed by atoms with van der Waals surface area (Å²) < 4.78 is 20.8. The highest BCUT2D eigenvalue weighted by Gasteiger charge is 2.55. The van der Waals surface area contributed by atoms with Crippen LogP contribution in [-0.4, -0.2) is 69.4 Å². The van der Waals surface area contributed by atoms with Crippen LogP contribution in [0.25, 0.3) is 0 Å². The Morgan fingerprint density at radius 1 is 1.10 bits per heavy atom. The van der Waals surface area contributed by atoms with Crippen LogP contribution >= 0.6 is 34.9 Å². The fourth-order valence-corrected chi connectivity index (χ4v) is 7.94. The SMILES string of the molecule is CSC1=C(C(=O)OCc2oc(=O)oc2C)N2C(=O)C(NC(=O)/C(=N\OCC(=O)OC(c3ccccc3)c3ccccc3)c3csc(N)n3)[C@H]2SC1. The third-order valence-corrected chi connectivity index (χ3v) is 10.6. The number of esters is 2. The number of aryl methyl sites for hydroxylation is 1. The highest BCUT2D eigenvalue weighted by Crippen LogP contribution is 2.43. The highest BCUT2D eigenvalue weighted by atomic mass is 32.2. The monoisotopic (exact) mass is 751 g/mol. The van der Waals surface area contributed by atoms with Gasteiger partial charge in [-0.05, 0) is 24.3 Å². The fraction of sp³-hybridized carbons (Fsp3) is 0.242. The summed E-state index contributed by atoms with van der Waals surface area (Å²) in [6.07, 6.45) is 1.04. The van der Waals surface area contributed by atoms with Crippen LogP contribution in [-0.2, 0) is 40.1 Å². The molecule has 6 rings (SSSR count). The summed E-state index contributed by atoms with van der Waals surface area (Å²) in [5.41, 5.74) is 7.06. The van der Waals surface area contributed by atoms with Gasteiger partial charge in [-0.15, -0.1) is 34.9 Å². The van der Waals surface area contributed by atoms with Gasteiger partial charge in [-0.1, -0.05) is 65.8 Å². The van der Waals surface area contributed by atoms with Gasteiger partial charge in [-0.25, -0.2) is 19.4 Å². The van der Waals surface area contributed by atoms with E-state index in [1.165, 1.54) is 40.7 Å². The molecule has 2 amide bonds. The molecule has 0 bridgehead atoms. The van der Waals surface area contributed by atoms with Crippen molar-refractivity contribution in [3.63, 3.8) is 0 Å². The van der Waals surface area contributed by atoms with Crippen molar-refractivity contribution in [1.29, 1.82) is 0 Å². The van der Waals surface area contributed by atoms with Crippen molar-refractivity contribution in [3.8, 4) is 0 Å². The van der Waals surface area contributed by atoms with Crippen molar-refractivity contribution in [3.05, 3.63) is 116 Å². The molecule has 1 saturated heterocycles. The topological polar surface area (TPSA) is 206 Å². The average molecular weight is 752 g/mol. The van der Waals surface area contributed by atoms with E-state index in [4.69, 9.17) is 28.9 Å². The van der Waals surface area contributed by atoms with E-state index in [-0.39, 0.29) is 40.4 Å². The predicted octanol–water partition coefficient (Wildman–Crippen LogP) is 3.35. The quantitative estimate of drug-likeness (QED) is 0.0870. The lowest BCUT2D eigenvalue weighted by Crippen LogP contribution is -2.71. The van der Waals surface area contributed by atoms with Gasteiger partial charge in [0, 0.05) is 16.0 Å². The van der Waals surface area contributed by atoms with Crippen molar-refractivity contribution >= 4 is 69.5 Å². The van der Waals surface area contributed by atoms with Crippen LogP contribution in [0.4, 0.5) is 5.13 Å². The average Bonchev–Trinajstić information content (AvgIpc) is 3.72. The lowest BCUT2D eigenvalue weighted by atomic mass is 10.0. The van der Waals surface area contributed by atoms with Gasteiger partial charge in [0.15, 0.2) is 35.1 Å². The van der Waals surface area contributed by atoms with Gasteiger partial charge in [-0.2, -0.15) is 0 Å². The molecule has 1 fully saturated rings. The van der Waals surface area contributed by atoms with Crippen LogP contribution in [0.1, 0.15) is 34.4 Å². The number of nitrogens with two attached hydrogens (primary N) is 1. The first-order chi connectivity index (χ1) is 24.6. The highest BCUT2D eigenvalue weighted by molar-refractivity contribution is 8.05. The second kappa shape index (κ2) is 15.7. The smallest absolute Gasteiger partial charge is 0.453 e. The number of carbonyl (C=O) groups is 4. The van der Waals surface area contributed by atoms with Crippen LogP contribution < -0.4 is 16.9 Å². The van der Waals surface area contributed by atoms with E-state index in [2.05, 4.69) is 15.5 Å². The first-order valence-electron chi connectivity index (χ1n) is 15.1. The third-order valence-electron chi connectivity index (χ3n) is 7.60. The number of carbonyl (C=O) groups excluding carboxylic acids is 4. The molecule has 18 heteroatoms. The van der Waals surface area contributed by atoms with Crippen molar-refractivity contribution in [2.45, 2.75) is 31.1 Å². The number of anilines is 1. The summed E-state index contributed by atoms with van der Waals surface area (Å²) in [4.78, 5) is 75.8. The van der Waals surface area contributed by atoms with E-state index >= 15 is 0 Å². The Labute approximate surface area is 302 Å². The number of amides is 2. The number of thiazole rings is 1. The maximum Gasteiger partial charge on any atom is 0.519 e. The Morgan fingerprint density at radius 3 is 2.37 bits per heavy atom. The zero-order valence-corrected chi connectivity index (χ0v) is 29.4. The Kier molecular flexibility index (Phi) is 10.9. The Balaban J connectivity index is 1.13. The molecular formula is C33H29N5O10S3. The normalized spacial score (nSPS) is 17.1. The number of nitrogen functional groups attached to an aromatic ring is 1. The standard InChI is InChI=1S/C33H29N5O10S3/c1-17-21(47-33(43)46-17)13-44-31(42)26-22(49-2)16-50-30-25(29(41)38(26)30)36-28(40)24(20-15-51-32(34)35-20)37-45-14-23(39)48-27(18-9-5-3-6-10-18)19-11-7-4-8-12-19/h3-12,15,25,27,30H,13-14,16H2,1-2H3,(H2,34,35)(H,36,40)/b37-24-/t25?,30-/m1/s1. The number of rotatable bonds is 13. The van der Waals surface area contributed by atoms with E-state index in [0.29, 0.717) is 10.7 Å². The maximum absolute atomic E-state index is 13.6.